The van der Waals surface area contributed by atoms with Gasteiger partial charge in [0.2, 0.25) is 5.91 Å². The van der Waals surface area contributed by atoms with Crippen molar-refractivity contribution in [1.82, 2.24) is 0 Å². The Kier molecular flexibility index (Phi) is 5.95. The van der Waals surface area contributed by atoms with E-state index in [1.807, 2.05) is 60.7 Å². The van der Waals surface area contributed by atoms with Gasteiger partial charge in [-0.05, 0) is 24.1 Å². The minimum atomic E-state index is 0. The Morgan fingerprint density at radius 3 is 2.06 bits per heavy atom. The molecule has 0 radical (unpaired) electrons. The molecule has 2 aromatic carbocycles. The summed E-state index contributed by atoms with van der Waals surface area (Å²) in [5.74, 6) is 0.0556. The van der Waals surface area contributed by atoms with Crippen LogP contribution in [0.1, 0.15) is 12.0 Å². The smallest absolute Gasteiger partial charge is 0.224 e. The summed E-state index contributed by atoms with van der Waals surface area (Å²) < 4.78 is 0. The minimum Gasteiger partial charge on any atom is -0.326 e. The average Bonchev–Trinajstić information content (AvgIpc) is 2.39. The van der Waals surface area contributed by atoms with Gasteiger partial charge in [0.05, 0.1) is 0 Å². The van der Waals surface area contributed by atoms with Gasteiger partial charge >= 0.3 is 0 Å². The maximum atomic E-state index is 11.7. The number of hydrogen-bond acceptors (Lipinski definition) is 1. The van der Waals surface area contributed by atoms with Gasteiger partial charge in [-0.3, -0.25) is 4.79 Å². The van der Waals surface area contributed by atoms with Crippen LogP contribution in [0.15, 0.2) is 60.7 Å². The second-order valence-electron chi connectivity index (χ2n) is 3.90. The van der Waals surface area contributed by atoms with Crippen molar-refractivity contribution in [2.24, 2.45) is 0 Å². The number of amides is 1. The predicted molar refractivity (Wildman–Crippen MR) is 77.1 cm³/mol. The van der Waals surface area contributed by atoms with Gasteiger partial charge in [-0.1, -0.05) is 48.5 Å². The lowest BCUT2D eigenvalue weighted by molar-refractivity contribution is -0.116. The van der Waals surface area contributed by atoms with Crippen LogP contribution in [0.5, 0.6) is 0 Å². The molecule has 0 saturated heterocycles. The third-order valence-electron chi connectivity index (χ3n) is 2.54. The molecular formula is C15H16ClNO. The largest absolute Gasteiger partial charge is 0.326 e. The Balaban J connectivity index is 0.00000162. The van der Waals surface area contributed by atoms with Crippen LogP contribution in [-0.4, -0.2) is 5.91 Å². The molecule has 0 heterocycles. The van der Waals surface area contributed by atoms with Gasteiger partial charge in [0.1, 0.15) is 0 Å². The van der Waals surface area contributed by atoms with Gasteiger partial charge in [0, 0.05) is 12.1 Å². The predicted octanol–water partition coefficient (Wildman–Crippen LogP) is 3.68. The normalized spacial score (nSPS) is 9.33. The Bertz CT molecular complexity index is 470. The standard InChI is InChI=1S/C15H15NO.ClH/c17-15(16-14-9-5-2-6-10-14)12-11-13-7-3-1-4-8-13;/h1-10H,11-12H2,(H,16,17);1H. The van der Waals surface area contributed by atoms with Crippen LogP contribution in [0.25, 0.3) is 0 Å². The molecule has 18 heavy (non-hydrogen) atoms. The molecule has 0 saturated carbocycles. The van der Waals surface area contributed by atoms with Crippen LogP contribution < -0.4 is 5.32 Å². The maximum absolute atomic E-state index is 11.7. The van der Waals surface area contributed by atoms with E-state index in [-0.39, 0.29) is 18.3 Å². The fraction of sp³-hybridized carbons (Fsp3) is 0.133. The molecule has 0 aliphatic carbocycles. The molecule has 2 rings (SSSR count). The zero-order valence-corrected chi connectivity index (χ0v) is 10.8. The minimum absolute atomic E-state index is 0. The van der Waals surface area contributed by atoms with Crippen LogP contribution in [-0.2, 0) is 11.2 Å². The summed E-state index contributed by atoms with van der Waals surface area (Å²) in [6.07, 6.45) is 1.29. The summed E-state index contributed by atoms with van der Waals surface area (Å²) in [6.45, 7) is 0. The first kappa shape index (κ1) is 14.3. The Morgan fingerprint density at radius 2 is 1.44 bits per heavy atom. The number of carbonyl (C=O) groups is 1. The highest BCUT2D eigenvalue weighted by Crippen LogP contribution is 2.07. The van der Waals surface area contributed by atoms with Crippen molar-refractivity contribution in [3.63, 3.8) is 0 Å². The van der Waals surface area contributed by atoms with Gasteiger partial charge < -0.3 is 5.32 Å². The molecule has 3 heteroatoms. The number of rotatable bonds is 4. The van der Waals surface area contributed by atoms with Crippen LogP contribution in [0.4, 0.5) is 5.69 Å². The summed E-state index contributed by atoms with van der Waals surface area (Å²) >= 11 is 0. The van der Waals surface area contributed by atoms with Gasteiger partial charge in [-0.2, -0.15) is 0 Å². The first-order chi connectivity index (χ1) is 8.34. The van der Waals surface area contributed by atoms with E-state index in [9.17, 15) is 4.79 Å². The van der Waals surface area contributed by atoms with Crippen molar-refractivity contribution < 1.29 is 4.79 Å². The van der Waals surface area contributed by atoms with Crippen LogP contribution >= 0.6 is 12.4 Å². The van der Waals surface area contributed by atoms with E-state index in [0.29, 0.717) is 6.42 Å². The van der Waals surface area contributed by atoms with Gasteiger partial charge in [-0.25, -0.2) is 0 Å². The molecule has 0 aromatic heterocycles. The Morgan fingerprint density at radius 1 is 0.889 bits per heavy atom. The molecule has 1 N–H and O–H groups in total. The van der Waals surface area contributed by atoms with Crippen molar-refractivity contribution in [2.75, 3.05) is 5.32 Å². The lowest BCUT2D eigenvalue weighted by Crippen LogP contribution is -2.12. The van der Waals surface area contributed by atoms with Gasteiger partial charge in [0.15, 0.2) is 0 Å². The number of carbonyl (C=O) groups excluding carboxylic acids is 1. The molecule has 0 aliphatic rings. The summed E-state index contributed by atoms with van der Waals surface area (Å²) in [6, 6.07) is 19.6. The topological polar surface area (TPSA) is 29.1 Å². The van der Waals surface area contributed by atoms with Gasteiger partial charge in [-0.15, -0.1) is 12.4 Å². The van der Waals surface area contributed by atoms with Crippen molar-refractivity contribution >= 4 is 24.0 Å². The first-order valence-corrected chi connectivity index (χ1v) is 5.73. The van der Waals surface area contributed by atoms with Crippen molar-refractivity contribution in [1.29, 1.82) is 0 Å². The van der Waals surface area contributed by atoms with E-state index in [1.54, 1.807) is 0 Å². The summed E-state index contributed by atoms with van der Waals surface area (Å²) in [5.41, 5.74) is 2.04. The lowest BCUT2D eigenvalue weighted by Gasteiger charge is -2.04. The summed E-state index contributed by atoms with van der Waals surface area (Å²) in [5, 5.41) is 2.87. The number of anilines is 1. The number of nitrogens with one attached hydrogen (secondary N) is 1. The monoisotopic (exact) mass is 261 g/mol. The highest BCUT2D eigenvalue weighted by atomic mass is 35.5. The molecule has 0 unspecified atom stereocenters. The number of para-hydroxylation sites is 1. The Hall–Kier alpha value is -1.80. The number of hydrogen-bond donors (Lipinski definition) is 1. The highest BCUT2D eigenvalue weighted by molar-refractivity contribution is 5.90. The second-order valence-corrected chi connectivity index (χ2v) is 3.90. The molecule has 2 nitrogen and oxygen atoms in total. The Labute approximate surface area is 113 Å². The molecular weight excluding hydrogens is 246 g/mol. The van der Waals surface area contributed by atoms with Crippen LogP contribution in [0.3, 0.4) is 0 Å². The van der Waals surface area contributed by atoms with Crippen molar-refractivity contribution in [3.8, 4) is 0 Å². The molecule has 0 aliphatic heterocycles. The van der Waals surface area contributed by atoms with E-state index in [0.717, 1.165) is 12.1 Å². The van der Waals surface area contributed by atoms with Crippen molar-refractivity contribution in [2.45, 2.75) is 12.8 Å². The van der Waals surface area contributed by atoms with Crippen LogP contribution in [0, 0.1) is 0 Å². The number of aryl methyl sites for hydroxylation is 1. The van der Waals surface area contributed by atoms with E-state index < -0.39 is 0 Å². The second kappa shape index (κ2) is 7.51. The molecule has 94 valence electrons. The summed E-state index contributed by atoms with van der Waals surface area (Å²) in [7, 11) is 0. The van der Waals surface area contributed by atoms with E-state index in [4.69, 9.17) is 0 Å². The number of benzene rings is 2. The third kappa shape index (κ3) is 4.60. The summed E-state index contributed by atoms with van der Waals surface area (Å²) in [4.78, 5) is 11.7. The lowest BCUT2D eigenvalue weighted by atomic mass is 10.1. The van der Waals surface area contributed by atoms with Crippen molar-refractivity contribution in [3.05, 3.63) is 66.2 Å². The SMILES string of the molecule is Cl.O=C(CCc1ccccc1)Nc1ccccc1. The van der Waals surface area contributed by atoms with E-state index >= 15 is 0 Å². The maximum Gasteiger partial charge on any atom is 0.224 e. The quantitative estimate of drug-likeness (QED) is 0.894. The zero-order valence-electron chi connectivity index (χ0n) is 10.0. The molecule has 0 fully saturated rings. The van der Waals surface area contributed by atoms with Gasteiger partial charge in [0.25, 0.3) is 0 Å². The first-order valence-electron chi connectivity index (χ1n) is 5.73. The molecule has 1 amide bonds. The molecule has 0 atom stereocenters. The number of halogens is 1. The fourth-order valence-electron chi connectivity index (χ4n) is 1.65. The fourth-order valence-corrected chi connectivity index (χ4v) is 1.65. The van der Waals surface area contributed by atoms with Crippen LogP contribution in [0.2, 0.25) is 0 Å². The average molecular weight is 262 g/mol. The molecule has 2 aromatic rings. The van der Waals surface area contributed by atoms with E-state index in [2.05, 4.69) is 5.32 Å². The zero-order chi connectivity index (χ0) is 11.9. The molecule has 0 bridgehead atoms. The van der Waals surface area contributed by atoms with E-state index in [1.165, 1.54) is 5.56 Å². The highest BCUT2D eigenvalue weighted by Gasteiger charge is 2.02. The molecule has 0 spiro atoms. The third-order valence-corrected chi connectivity index (χ3v) is 2.54.